The number of anilines is 1. The molecule has 1 aliphatic rings. The van der Waals surface area contributed by atoms with Crippen molar-refractivity contribution in [3.05, 3.63) is 28.2 Å². The minimum atomic E-state index is -0.0925. The van der Waals surface area contributed by atoms with E-state index in [4.69, 9.17) is 0 Å². The minimum absolute atomic E-state index is 0.0623. The van der Waals surface area contributed by atoms with E-state index in [-0.39, 0.29) is 11.9 Å². The van der Waals surface area contributed by atoms with Crippen LogP contribution in [0.3, 0.4) is 0 Å². The predicted octanol–water partition coefficient (Wildman–Crippen LogP) is 1.99. The number of aryl methyl sites for hydroxylation is 1. The molecular formula is C14H20BrN3O. The largest absolute Gasteiger partial charge is 0.324 e. The number of nitrogens with zero attached hydrogens (tertiary/aromatic N) is 1. The van der Waals surface area contributed by atoms with E-state index in [9.17, 15) is 4.79 Å². The number of amides is 1. The molecule has 1 unspecified atom stereocenters. The molecule has 1 atom stereocenters. The summed E-state index contributed by atoms with van der Waals surface area (Å²) in [7, 11) is 0. The van der Waals surface area contributed by atoms with Gasteiger partial charge in [0, 0.05) is 36.3 Å². The topological polar surface area (TPSA) is 44.4 Å². The second-order valence-corrected chi connectivity index (χ2v) is 5.83. The van der Waals surface area contributed by atoms with Crippen molar-refractivity contribution in [3.8, 4) is 0 Å². The van der Waals surface area contributed by atoms with Crippen molar-refractivity contribution in [1.29, 1.82) is 0 Å². The molecule has 1 saturated heterocycles. The van der Waals surface area contributed by atoms with Crippen molar-refractivity contribution < 1.29 is 4.79 Å². The number of hydrogen-bond acceptors (Lipinski definition) is 3. The quantitative estimate of drug-likeness (QED) is 0.893. The Kier molecular flexibility index (Phi) is 4.96. The Morgan fingerprint density at radius 3 is 2.74 bits per heavy atom. The molecule has 1 heterocycles. The summed E-state index contributed by atoms with van der Waals surface area (Å²) in [6, 6.07) is 5.79. The summed E-state index contributed by atoms with van der Waals surface area (Å²) in [6.07, 6.45) is 0. The molecule has 0 aromatic heterocycles. The number of halogens is 1. The SMILES string of the molecule is Cc1cc(Br)ccc1NC(=O)C(C)N1CCNCC1. The third kappa shape index (κ3) is 3.78. The summed E-state index contributed by atoms with van der Waals surface area (Å²) in [5.74, 6) is 0.0623. The molecule has 1 fully saturated rings. The van der Waals surface area contributed by atoms with Gasteiger partial charge in [0.1, 0.15) is 0 Å². The fourth-order valence-electron chi connectivity index (χ4n) is 2.24. The molecule has 2 N–H and O–H groups in total. The summed E-state index contributed by atoms with van der Waals surface area (Å²) < 4.78 is 1.03. The molecule has 1 amide bonds. The highest BCUT2D eigenvalue weighted by Gasteiger charge is 2.22. The van der Waals surface area contributed by atoms with Gasteiger partial charge in [-0.05, 0) is 37.6 Å². The molecule has 0 aliphatic carbocycles. The van der Waals surface area contributed by atoms with E-state index in [1.807, 2.05) is 32.0 Å². The number of piperazine rings is 1. The van der Waals surface area contributed by atoms with E-state index in [0.717, 1.165) is 41.9 Å². The van der Waals surface area contributed by atoms with Gasteiger partial charge in [0.2, 0.25) is 5.91 Å². The Balaban J connectivity index is 1.99. The van der Waals surface area contributed by atoms with Crippen LogP contribution in [0.15, 0.2) is 22.7 Å². The summed E-state index contributed by atoms with van der Waals surface area (Å²) in [6.45, 7) is 7.72. The number of carbonyl (C=O) groups is 1. The van der Waals surface area contributed by atoms with Crippen LogP contribution < -0.4 is 10.6 Å². The number of rotatable bonds is 3. The highest BCUT2D eigenvalue weighted by molar-refractivity contribution is 9.10. The Labute approximate surface area is 122 Å². The number of carbonyl (C=O) groups excluding carboxylic acids is 1. The van der Waals surface area contributed by atoms with Gasteiger partial charge in [-0.25, -0.2) is 0 Å². The van der Waals surface area contributed by atoms with Crippen LogP contribution in [0.25, 0.3) is 0 Å². The van der Waals surface area contributed by atoms with Crippen molar-refractivity contribution in [1.82, 2.24) is 10.2 Å². The number of hydrogen-bond donors (Lipinski definition) is 2. The summed E-state index contributed by atoms with van der Waals surface area (Å²) in [5, 5.41) is 6.31. The van der Waals surface area contributed by atoms with Crippen molar-refractivity contribution in [2.75, 3.05) is 31.5 Å². The van der Waals surface area contributed by atoms with Crippen molar-refractivity contribution in [2.45, 2.75) is 19.9 Å². The summed E-state index contributed by atoms with van der Waals surface area (Å²) >= 11 is 3.43. The molecule has 2 rings (SSSR count). The van der Waals surface area contributed by atoms with E-state index in [1.54, 1.807) is 0 Å². The van der Waals surface area contributed by atoms with E-state index < -0.39 is 0 Å². The number of nitrogens with one attached hydrogen (secondary N) is 2. The van der Waals surface area contributed by atoms with Gasteiger partial charge in [-0.3, -0.25) is 9.69 Å². The Hall–Kier alpha value is -0.910. The molecule has 19 heavy (non-hydrogen) atoms. The van der Waals surface area contributed by atoms with Crippen LogP contribution in [0.2, 0.25) is 0 Å². The average molecular weight is 326 g/mol. The van der Waals surface area contributed by atoms with Crippen molar-refractivity contribution >= 4 is 27.5 Å². The zero-order chi connectivity index (χ0) is 13.8. The van der Waals surface area contributed by atoms with E-state index >= 15 is 0 Å². The van der Waals surface area contributed by atoms with E-state index in [2.05, 4.69) is 31.5 Å². The Morgan fingerprint density at radius 1 is 1.42 bits per heavy atom. The maximum atomic E-state index is 12.3. The minimum Gasteiger partial charge on any atom is -0.324 e. The van der Waals surface area contributed by atoms with Gasteiger partial charge in [-0.2, -0.15) is 0 Å². The van der Waals surface area contributed by atoms with Gasteiger partial charge >= 0.3 is 0 Å². The van der Waals surface area contributed by atoms with Crippen LogP contribution in [0, 0.1) is 6.92 Å². The molecule has 5 heteroatoms. The molecule has 1 aromatic rings. The first kappa shape index (κ1) is 14.5. The highest BCUT2D eigenvalue weighted by Crippen LogP contribution is 2.20. The molecule has 104 valence electrons. The fraction of sp³-hybridized carbons (Fsp3) is 0.500. The van der Waals surface area contributed by atoms with Crippen LogP contribution in [-0.4, -0.2) is 43.0 Å². The summed E-state index contributed by atoms with van der Waals surface area (Å²) in [4.78, 5) is 14.5. The molecule has 0 bridgehead atoms. The molecule has 0 spiro atoms. The highest BCUT2D eigenvalue weighted by atomic mass is 79.9. The first-order valence-electron chi connectivity index (χ1n) is 6.59. The average Bonchev–Trinajstić information content (AvgIpc) is 2.42. The second kappa shape index (κ2) is 6.50. The van der Waals surface area contributed by atoms with Gasteiger partial charge in [-0.1, -0.05) is 15.9 Å². The molecule has 4 nitrogen and oxygen atoms in total. The lowest BCUT2D eigenvalue weighted by atomic mass is 10.1. The third-order valence-electron chi connectivity index (χ3n) is 3.53. The maximum Gasteiger partial charge on any atom is 0.241 e. The zero-order valence-electron chi connectivity index (χ0n) is 11.4. The molecule has 0 radical (unpaired) electrons. The van der Waals surface area contributed by atoms with Crippen molar-refractivity contribution in [2.24, 2.45) is 0 Å². The van der Waals surface area contributed by atoms with Gasteiger partial charge in [0.15, 0.2) is 0 Å². The first-order chi connectivity index (χ1) is 9.08. The smallest absolute Gasteiger partial charge is 0.241 e. The standard InChI is InChI=1S/C14H20BrN3O/c1-10-9-12(15)3-4-13(10)17-14(19)11(2)18-7-5-16-6-8-18/h3-4,9,11,16H,5-8H2,1-2H3,(H,17,19). The van der Waals surface area contributed by atoms with E-state index in [0.29, 0.717) is 0 Å². The molecule has 0 saturated carbocycles. The lowest BCUT2D eigenvalue weighted by molar-refractivity contribution is -0.120. The lowest BCUT2D eigenvalue weighted by Gasteiger charge is -2.31. The van der Waals surface area contributed by atoms with Crippen LogP contribution in [-0.2, 0) is 4.79 Å². The van der Waals surface area contributed by atoms with Crippen LogP contribution in [0.5, 0.6) is 0 Å². The van der Waals surface area contributed by atoms with E-state index in [1.165, 1.54) is 0 Å². The fourth-order valence-corrected chi connectivity index (χ4v) is 2.72. The summed E-state index contributed by atoms with van der Waals surface area (Å²) in [5.41, 5.74) is 1.95. The van der Waals surface area contributed by atoms with Crippen LogP contribution in [0.1, 0.15) is 12.5 Å². The molecular weight excluding hydrogens is 306 g/mol. The predicted molar refractivity (Wildman–Crippen MR) is 81.4 cm³/mol. The monoisotopic (exact) mass is 325 g/mol. The molecule has 1 aliphatic heterocycles. The number of benzene rings is 1. The third-order valence-corrected chi connectivity index (χ3v) is 4.02. The van der Waals surface area contributed by atoms with Gasteiger partial charge < -0.3 is 10.6 Å². The Bertz CT molecular complexity index is 458. The first-order valence-corrected chi connectivity index (χ1v) is 7.39. The van der Waals surface area contributed by atoms with Crippen LogP contribution in [0.4, 0.5) is 5.69 Å². The van der Waals surface area contributed by atoms with Gasteiger partial charge in [0.25, 0.3) is 0 Å². The van der Waals surface area contributed by atoms with Crippen LogP contribution >= 0.6 is 15.9 Å². The lowest BCUT2D eigenvalue weighted by Crippen LogP contribution is -2.51. The maximum absolute atomic E-state index is 12.3. The Morgan fingerprint density at radius 2 is 2.11 bits per heavy atom. The second-order valence-electron chi connectivity index (χ2n) is 4.91. The zero-order valence-corrected chi connectivity index (χ0v) is 13.0. The molecule has 1 aromatic carbocycles. The van der Waals surface area contributed by atoms with Gasteiger partial charge in [0.05, 0.1) is 6.04 Å². The van der Waals surface area contributed by atoms with Gasteiger partial charge in [-0.15, -0.1) is 0 Å². The normalized spacial score (nSPS) is 18.1. The van der Waals surface area contributed by atoms with Crippen molar-refractivity contribution in [3.63, 3.8) is 0 Å².